The fourth-order valence-corrected chi connectivity index (χ4v) is 3.72. The fraction of sp³-hybridized carbons (Fsp3) is 0.450. The number of hydrogen-bond acceptors (Lipinski definition) is 4. The van der Waals surface area contributed by atoms with Crippen molar-refractivity contribution in [2.75, 3.05) is 43.9 Å². The topological polar surface area (TPSA) is 47.6 Å². The first-order valence-electron chi connectivity index (χ1n) is 9.05. The normalized spacial score (nSPS) is 12.1. The first-order valence-corrected chi connectivity index (χ1v) is 9.99. The summed E-state index contributed by atoms with van der Waals surface area (Å²) in [5.74, 6) is 0. The molecule has 142 valence electrons. The van der Waals surface area contributed by atoms with Crippen molar-refractivity contribution in [3.05, 3.63) is 46.2 Å². The van der Waals surface area contributed by atoms with Crippen molar-refractivity contribution in [1.82, 2.24) is 10.2 Å². The summed E-state index contributed by atoms with van der Waals surface area (Å²) >= 11 is 1.69. The lowest BCUT2D eigenvalue weighted by Gasteiger charge is -2.29. The Morgan fingerprint density at radius 1 is 1.19 bits per heavy atom. The van der Waals surface area contributed by atoms with Gasteiger partial charge in [-0.25, -0.2) is 4.79 Å². The van der Waals surface area contributed by atoms with Crippen LogP contribution in [0.25, 0.3) is 0 Å². The Balaban J connectivity index is 2.00. The van der Waals surface area contributed by atoms with Gasteiger partial charge >= 0.3 is 6.03 Å². The summed E-state index contributed by atoms with van der Waals surface area (Å²) in [6.45, 7) is 8.79. The molecule has 0 fully saturated rings. The molecule has 0 aliphatic carbocycles. The monoisotopic (exact) mass is 374 g/mol. The van der Waals surface area contributed by atoms with Gasteiger partial charge in [0.25, 0.3) is 0 Å². The van der Waals surface area contributed by atoms with Gasteiger partial charge in [-0.05, 0) is 66.2 Å². The van der Waals surface area contributed by atoms with Crippen LogP contribution in [0.1, 0.15) is 31.0 Å². The highest BCUT2D eigenvalue weighted by atomic mass is 32.1. The zero-order valence-corrected chi connectivity index (χ0v) is 17.2. The Hall–Kier alpha value is -2.05. The number of nitrogens with zero attached hydrogens (tertiary/aromatic N) is 2. The van der Waals surface area contributed by atoms with Gasteiger partial charge in [0.2, 0.25) is 0 Å². The standard InChI is InChI=1S/C20H30N4OS/c1-6-24(7-2)19(16-10-11-26-14-16)13-21-20(25)22-18-9-8-17(23(4)5)12-15(18)3/h8-12,14,19H,6-7,13H2,1-5H3,(H2,21,22,25). The lowest BCUT2D eigenvalue weighted by molar-refractivity contribution is 0.210. The number of hydrogen-bond donors (Lipinski definition) is 2. The van der Waals surface area contributed by atoms with Crippen LogP contribution in [0, 0.1) is 6.92 Å². The van der Waals surface area contributed by atoms with Gasteiger partial charge in [-0.2, -0.15) is 11.3 Å². The molecule has 6 heteroatoms. The number of benzene rings is 1. The molecule has 5 nitrogen and oxygen atoms in total. The molecule has 1 heterocycles. The van der Waals surface area contributed by atoms with Crippen LogP contribution in [0.3, 0.4) is 0 Å². The molecule has 0 spiro atoms. The van der Waals surface area contributed by atoms with E-state index in [1.165, 1.54) is 5.56 Å². The third-order valence-electron chi connectivity index (χ3n) is 4.61. The molecule has 26 heavy (non-hydrogen) atoms. The van der Waals surface area contributed by atoms with E-state index in [-0.39, 0.29) is 12.1 Å². The van der Waals surface area contributed by atoms with Gasteiger partial charge in [-0.3, -0.25) is 4.90 Å². The summed E-state index contributed by atoms with van der Waals surface area (Å²) in [7, 11) is 4.01. The lowest BCUT2D eigenvalue weighted by Crippen LogP contribution is -2.39. The van der Waals surface area contributed by atoms with Crippen molar-refractivity contribution < 1.29 is 4.79 Å². The molecule has 1 atom stereocenters. The predicted molar refractivity (Wildman–Crippen MR) is 113 cm³/mol. The first kappa shape index (κ1) is 20.3. The van der Waals surface area contributed by atoms with Crippen molar-refractivity contribution in [3.63, 3.8) is 0 Å². The van der Waals surface area contributed by atoms with Crippen molar-refractivity contribution in [3.8, 4) is 0 Å². The molecule has 2 rings (SSSR count). The van der Waals surface area contributed by atoms with E-state index in [2.05, 4.69) is 52.3 Å². The van der Waals surface area contributed by atoms with Crippen molar-refractivity contribution >= 4 is 28.7 Å². The number of nitrogens with one attached hydrogen (secondary N) is 2. The van der Waals surface area contributed by atoms with E-state index in [1.54, 1.807) is 11.3 Å². The highest BCUT2D eigenvalue weighted by molar-refractivity contribution is 7.07. The Labute approximate surface area is 161 Å². The summed E-state index contributed by atoms with van der Waals surface area (Å²) in [6.07, 6.45) is 0. The maximum Gasteiger partial charge on any atom is 0.319 e. The van der Waals surface area contributed by atoms with E-state index in [1.807, 2.05) is 38.1 Å². The summed E-state index contributed by atoms with van der Waals surface area (Å²) in [6, 6.07) is 8.19. The summed E-state index contributed by atoms with van der Waals surface area (Å²) < 4.78 is 0. The van der Waals surface area contributed by atoms with Crippen LogP contribution in [0.15, 0.2) is 35.0 Å². The van der Waals surface area contributed by atoms with Gasteiger partial charge in [0.15, 0.2) is 0 Å². The Morgan fingerprint density at radius 2 is 1.92 bits per heavy atom. The summed E-state index contributed by atoms with van der Waals surface area (Å²) in [5, 5.41) is 10.2. The van der Waals surface area contributed by atoms with Gasteiger partial charge in [-0.1, -0.05) is 13.8 Å². The van der Waals surface area contributed by atoms with E-state index < -0.39 is 0 Å². The lowest BCUT2D eigenvalue weighted by atomic mass is 10.1. The molecular weight excluding hydrogens is 344 g/mol. The van der Waals surface area contributed by atoms with E-state index >= 15 is 0 Å². The molecule has 0 saturated carbocycles. The van der Waals surface area contributed by atoms with E-state index in [0.29, 0.717) is 6.54 Å². The highest BCUT2D eigenvalue weighted by Crippen LogP contribution is 2.23. The molecule has 0 bridgehead atoms. The van der Waals surface area contributed by atoms with Gasteiger partial charge < -0.3 is 15.5 Å². The smallest absolute Gasteiger partial charge is 0.319 e. The molecule has 2 N–H and O–H groups in total. The van der Waals surface area contributed by atoms with Crippen molar-refractivity contribution in [1.29, 1.82) is 0 Å². The Morgan fingerprint density at radius 3 is 2.46 bits per heavy atom. The van der Waals surface area contributed by atoms with E-state index in [0.717, 1.165) is 30.0 Å². The van der Waals surface area contributed by atoms with E-state index in [9.17, 15) is 4.79 Å². The van der Waals surface area contributed by atoms with Crippen LogP contribution >= 0.6 is 11.3 Å². The SMILES string of the molecule is CCN(CC)C(CNC(=O)Nc1ccc(N(C)C)cc1C)c1ccsc1. The zero-order valence-electron chi connectivity index (χ0n) is 16.4. The van der Waals surface area contributed by atoms with Gasteiger partial charge in [0.05, 0.1) is 6.04 Å². The molecule has 0 saturated heterocycles. The van der Waals surface area contributed by atoms with Crippen LogP contribution in [0.2, 0.25) is 0 Å². The molecule has 1 unspecified atom stereocenters. The molecule has 0 aliphatic rings. The third-order valence-corrected chi connectivity index (χ3v) is 5.31. The molecule has 2 aromatic rings. The maximum absolute atomic E-state index is 12.4. The number of anilines is 2. The minimum absolute atomic E-state index is 0.168. The minimum atomic E-state index is -0.168. The average Bonchev–Trinajstić information content (AvgIpc) is 3.14. The van der Waals surface area contributed by atoms with Gasteiger partial charge in [0, 0.05) is 32.0 Å². The number of urea groups is 1. The maximum atomic E-state index is 12.4. The number of thiophene rings is 1. The number of carbonyl (C=O) groups is 1. The highest BCUT2D eigenvalue weighted by Gasteiger charge is 2.19. The molecule has 1 aromatic heterocycles. The van der Waals surface area contributed by atoms with Gasteiger partial charge in [0.1, 0.15) is 0 Å². The molecule has 2 amide bonds. The van der Waals surface area contributed by atoms with Crippen LogP contribution in [0.4, 0.5) is 16.2 Å². The number of aryl methyl sites for hydroxylation is 1. The third kappa shape index (κ3) is 5.22. The number of likely N-dealkylation sites (N-methyl/N-ethyl adjacent to an activating group) is 1. The van der Waals surface area contributed by atoms with Crippen LogP contribution in [0.5, 0.6) is 0 Å². The predicted octanol–water partition coefficient (Wildman–Crippen LogP) is 4.33. The molecule has 0 radical (unpaired) electrons. The van der Waals surface area contributed by atoms with Crippen molar-refractivity contribution in [2.24, 2.45) is 0 Å². The number of rotatable bonds is 8. The minimum Gasteiger partial charge on any atom is -0.378 e. The molecule has 1 aromatic carbocycles. The average molecular weight is 375 g/mol. The molecular formula is C20H30N4OS. The fourth-order valence-electron chi connectivity index (χ4n) is 3.01. The summed E-state index contributed by atoms with van der Waals surface area (Å²) in [5.41, 5.74) is 4.26. The van der Waals surface area contributed by atoms with Gasteiger partial charge in [-0.15, -0.1) is 0 Å². The first-order chi connectivity index (χ1) is 12.5. The largest absolute Gasteiger partial charge is 0.378 e. The van der Waals surface area contributed by atoms with Crippen LogP contribution in [-0.4, -0.2) is 44.7 Å². The quantitative estimate of drug-likeness (QED) is 0.723. The Bertz CT molecular complexity index is 696. The van der Waals surface area contributed by atoms with E-state index in [4.69, 9.17) is 0 Å². The Kier molecular flexibility index (Phi) is 7.48. The summed E-state index contributed by atoms with van der Waals surface area (Å²) in [4.78, 5) is 16.8. The second-order valence-electron chi connectivity index (χ2n) is 6.52. The second kappa shape index (κ2) is 9.59. The van der Waals surface area contributed by atoms with Crippen LogP contribution in [-0.2, 0) is 0 Å². The number of amides is 2. The zero-order chi connectivity index (χ0) is 19.1. The number of carbonyl (C=O) groups excluding carboxylic acids is 1. The second-order valence-corrected chi connectivity index (χ2v) is 7.30. The van der Waals surface area contributed by atoms with Crippen LogP contribution < -0.4 is 15.5 Å². The van der Waals surface area contributed by atoms with Crippen molar-refractivity contribution in [2.45, 2.75) is 26.8 Å². The molecule has 0 aliphatic heterocycles.